The van der Waals surface area contributed by atoms with Gasteiger partial charge in [-0.05, 0) is 32.1 Å². The molecule has 1 aromatic rings. The van der Waals surface area contributed by atoms with Gasteiger partial charge in [0, 0.05) is 19.3 Å². The summed E-state index contributed by atoms with van der Waals surface area (Å²) >= 11 is 0. The van der Waals surface area contributed by atoms with Gasteiger partial charge in [0.25, 0.3) is 5.91 Å². The minimum Gasteiger partial charge on any atom is -0.339 e. The molecule has 0 radical (unpaired) electrons. The highest BCUT2D eigenvalue weighted by Crippen LogP contribution is 2.05. The fourth-order valence-corrected chi connectivity index (χ4v) is 1.46. The Hall–Kier alpha value is -1.97. The highest BCUT2D eigenvalue weighted by atomic mass is 16.2. The summed E-state index contributed by atoms with van der Waals surface area (Å²) in [4.78, 5) is 28.5. The molecule has 0 fully saturated rings. The minimum absolute atomic E-state index is 0.132. The van der Waals surface area contributed by atoms with E-state index in [0.29, 0.717) is 25.1 Å². The van der Waals surface area contributed by atoms with Gasteiger partial charge in [-0.1, -0.05) is 6.07 Å². The zero-order chi connectivity index (χ0) is 12.7. The highest BCUT2D eigenvalue weighted by Gasteiger charge is 2.14. The number of amides is 1. The fraction of sp³-hybridized carbons (Fsp3) is 0.308. The number of rotatable bonds is 5. The van der Waals surface area contributed by atoms with Crippen molar-refractivity contribution in [3.63, 3.8) is 0 Å². The van der Waals surface area contributed by atoms with Crippen LogP contribution in [0.4, 0.5) is 0 Å². The van der Waals surface area contributed by atoms with Crippen molar-refractivity contribution in [2.45, 2.75) is 13.8 Å². The van der Waals surface area contributed by atoms with Crippen LogP contribution in [0.3, 0.4) is 0 Å². The Bertz CT molecular complexity index is 409. The zero-order valence-electron chi connectivity index (χ0n) is 10.1. The largest absolute Gasteiger partial charge is 0.339 e. The smallest absolute Gasteiger partial charge is 0.257 e. The number of hydrogen-bond acceptors (Lipinski definition) is 3. The Morgan fingerprint density at radius 3 is 2.53 bits per heavy atom. The lowest BCUT2D eigenvalue weighted by atomic mass is 10.2. The van der Waals surface area contributed by atoms with Crippen LogP contribution in [0.5, 0.6) is 0 Å². The maximum absolute atomic E-state index is 11.9. The van der Waals surface area contributed by atoms with E-state index in [1.54, 1.807) is 23.2 Å². The number of hydrogen-bond donors (Lipinski definition) is 0. The quantitative estimate of drug-likeness (QED) is 0.335. The molecular formula is C13H16N2O2. The summed E-state index contributed by atoms with van der Waals surface area (Å²) in [7, 11) is 0. The van der Waals surface area contributed by atoms with Crippen LogP contribution in [0, 0.1) is 0 Å². The molecule has 0 aliphatic rings. The van der Waals surface area contributed by atoms with Crippen molar-refractivity contribution >= 4 is 18.3 Å². The van der Waals surface area contributed by atoms with Gasteiger partial charge in [0.05, 0.1) is 11.3 Å². The lowest BCUT2D eigenvalue weighted by Crippen LogP contribution is -2.32. The van der Waals surface area contributed by atoms with Gasteiger partial charge in [-0.3, -0.25) is 14.6 Å². The van der Waals surface area contributed by atoms with Gasteiger partial charge in [0.15, 0.2) is 6.29 Å². The summed E-state index contributed by atoms with van der Waals surface area (Å²) in [5.41, 5.74) is 0.738. The van der Waals surface area contributed by atoms with Crippen LogP contribution < -0.4 is 0 Å². The normalized spacial score (nSPS) is 11.1. The van der Waals surface area contributed by atoms with Gasteiger partial charge in [0.2, 0.25) is 0 Å². The second kappa shape index (κ2) is 6.58. The molecule has 4 heteroatoms. The summed E-state index contributed by atoms with van der Waals surface area (Å²) < 4.78 is 0. The van der Waals surface area contributed by atoms with E-state index < -0.39 is 0 Å². The summed E-state index contributed by atoms with van der Waals surface area (Å²) in [6.07, 6.45) is 3.71. The second-order valence-electron chi connectivity index (χ2n) is 3.45. The predicted molar refractivity (Wildman–Crippen MR) is 66.2 cm³/mol. The van der Waals surface area contributed by atoms with Crippen molar-refractivity contribution in [3.05, 3.63) is 35.7 Å². The molecule has 0 saturated carbocycles. The van der Waals surface area contributed by atoms with Crippen LogP contribution in [0.1, 0.15) is 19.5 Å². The predicted octanol–water partition coefficient (Wildman–Crippen LogP) is 1.53. The zero-order valence-corrected chi connectivity index (χ0v) is 10.1. The van der Waals surface area contributed by atoms with Crippen LogP contribution in [0.25, 0.3) is 6.08 Å². The Morgan fingerprint density at radius 1 is 1.35 bits per heavy atom. The van der Waals surface area contributed by atoms with Crippen molar-refractivity contribution in [1.82, 2.24) is 9.88 Å². The van der Waals surface area contributed by atoms with Crippen molar-refractivity contribution in [2.75, 3.05) is 13.1 Å². The molecular weight excluding hydrogens is 216 g/mol. The van der Waals surface area contributed by atoms with Crippen molar-refractivity contribution in [2.24, 2.45) is 0 Å². The molecule has 0 aliphatic carbocycles. The number of carbonyl (C=O) groups is 2. The van der Waals surface area contributed by atoms with E-state index in [2.05, 4.69) is 4.98 Å². The molecule has 0 atom stereocenters. The highest BCUT2D eigenvalue weighted by molar-refractivity contribution is 6.14. The molecule has 1 heterocycles. The van der Waals surface area contributed by atoms with E-state index in [9.17, 15) is 9.59 Å². The Labute approximate surface area is 101 Å². The molecule has 17 heavy (non-hydrogen) atoms. The SMILES string of the molecule is CCN(CC)C(=O)/C(C=O)=C/c1ccccn1. The first-order valence-corrected chi connectivity index (χ1v) is 5.60. The van der Waals surface area contributed by atoms with E-state index in [1.165, 1.54) is 6.08 Å². The summed E-state index contributed by atoms with van der Waals surface area (Å²) in [5, 5.41) is 0. The van der Waals surface area contributed by atoms with Gasteiger partial charge in [-0.2, -0.15) is 0 Å². The molecule has 0 unspecified atom stereocenters. The van der Waals surface area contributed by atoms with E-state index in [-0.39, 0.29) is 11.5 Å². The molecule has 0 aromatic carbocycles. The van der Waals surface area contributed by atoms with Gasteiger partial charge in [-0.25, -0.2) is 0 Å². The number of carbonyl (C=O) groups excluding carboxylic acids is 2. The molecule has 1 rings (SSSR count). The monoisotopic (exact) mass is 232 g/mol. The third-order valence-corrected chi connectivity index (χ3v) is 2.42. The summed E-state index contributed by atoms with van der Waals surface area (Å²) in [6, 6.07) is 5.34. The minimum atomic E-state index is -0.254. The van der Waals surface area contributed by atoms with Crippen LogP contribution in [-0.4, -0.2) is 35.2 Å². The average Bonchev–Trinajstić information content (AvgIpc) is 2.38. The van der Waals surface area contributed by atoms with Gasteiger partial charge in [-0.15, -0.1) is 0 Å². The van der Waals surface area contributed by atoms with Crippen LogP contribution in [0.15, 0.2) is 30.0 Å². The number of aromatic nitrogens is 1. The van der Waals surface area contributed by atoms with Crippen molar-refractivity contribution in [1.29, 1.82) is 0 Å². The number of nitrogens with zero attached hydrogens (tertiary/aromatic N) is 2. The topological polar surface area (TPSA) is 50.3 Å². The first-order valence-electron chi connectivity index (χ1n) is 5.60. The number of likely N-dealkylation sites (N-methyl/N-ethyl adjacent to an activating group) is 1. The number of aldehydes is 1. The third kappa shape index (κ3) is 3.52. The Balaban J connectivity index is 2.96. The molecule has 1 aromatic heterocycles. The lowest BCUT2D eigenvalue weighted by Gasteiger charge is -2.18. The molecule has 90 valence electrons. The first-order chi connectivity index (χ1) is 8.22. The Kier molecular flexibility index (Phi) is 5.07. The van der Waals surface area contributed by atoms with E-state index in [1.807, 2.05) is 19.9 Å². The van der Waals surface area contributed by atoms with Gasteiger partial charge >= 0.3 is 0 Å². The fourth-order valence-electron chi connectivity index (χ4n) is 1.46. The van der Waals surface area contributed by atoms with Crippen LogP contribution in [0.2, 0.25) is 0 Å². The molecule has 0 aliphatic heterocycles. The van der Waals surface area contributed by atoms with Crippen molar-refractivity contribution in [3.8, 4) is 0 Å². The van der Waals surface area contributed by atoms with Crippen LogP contribution >= 0.6 is 0 Å². The Morgan fingerprint density at radius 2 is 2.06 bits per heavy atom. The average molecular weight is 232 g/mol. The first kappa shape index (κ1) is 13.1. The molecule has 0 N–H and O–H groups in total. The molecule has 0 saturated heterocycles. The molecule has 0 spiro atoms. The van der Waals surface area contributed by atoms with E-state index in [0.717, 1.165) is 0 Å². The summed E-state index contributed by atoms with van der Waals surface area (Å²) in [6.45, 7) is 4.93. The lowest BCUT2D eigenvalue weighted by molar-refractivity contribution is -0.127. The number of pyridine rings is 1. The van der Waals surface area contributed by atoms with E-state index >= 15 is 0 Å². The van der Waals surface area contributed by atoms with Crippen molar-refractivity contribution < 1.29 is 9.59 Å². The molecule has 4 nitrogen and oxygen atoms in total. The summed E-state index contributed by atoms with van der Waals surface area (Å²) in [5.74, 6) is -0.254. The van der Waals surface area contributed by atoms with Gasteiger partial charge in [0.1, 0.15) is 0 Å². The standard InChI is InChI=1S/C13H16N2O2/c1-3-15(4-2)13(17)11(10-16)9-12-7-5-6-8-14-12/h5-10H,3-4H2,1-2H3/b11-9+. The third-order valence-electron chi connectivity index (χ3n) is 2.42. The van der Waals surface area contributed by atoms with E-state index in [4.69, 9.17) is 0 Å². The van der Waals surface area contributed by atoms with Gasteiger partial charge < -0.3 is 4.90 Å². The molecule has 0 bridgehead atoms. The molecule has 1 amide bonds. The van der Waals surface area contributed by atoms with Crippen LogP contribution in [-0.2, 0) is 9.59 Å². The second-order valence-corrected chi connectivity index (χ2v) is 3.45. The maximum Gasteiger partial charge on any atom is 0.257 e. The maximum atomic E-state index is 11.9.